The predicted octanol–water partition coefficient (Wildman–Crippen LogP) is 2.10. The van der Waals surface area contributed by atoms with Crippen molar-refractivity contribution in [3.8, 4) is 5.88 Å². The molecule has 6 heteroatoms. The summed E-state index contributed by atoms with van der Waals surface area (Å²) in [6.07, 6.45) is 0. The SMILES string of the molecule is COc1cccc(CS(=O)c2ccccc2C(=O)O)n1. The van der Waals surface area contributed by atoms with Crippen LogP contribution in [-0.4, -0.2) is 27.4 Å². The van der Waals surface area contributed by atoms with Crippen LogP contribution in [0.5, 0.6) is 5.88 Å². The minimum Gasteiger partial charge on any atom is -0.481 e. The second kappa shape index (κ2) is 6.29. The molecule has 0 saturated heterocycles. The average molecular weight is 291 g/mol. The summed E-state index contributed by atoms with van der Waals surface area (Å²) in [5.74, 6) is -0.514. The Balaban J connectivity index is 2.26. The fourth-order valence-electron chi connectivity index (χ4n) is 1.71. The molecule has 0 bridgehead atoms. The number of nitrogens with zero attached hydrogens (tertiary/aromatic N) is 1. The van der Waals surface area contributed by atoms with Crippen LogP contribution in [0.25, 0.3) is 0 Å². The number of benzene rings is 1. The van der Waals surface area contributed by atoms with Gasteiger partial charge in [0.2, 0.25) is 5.88 Å². The van der Waals surface area contributed by atoms with Crippen LogP contribution >= 0.6 is 0 Å². The Hall–Kier alpha value is -2.21. The molecule has 2 rings (SSSR count). The highest BCUT2D eigenvalue weighted by molar-refractivity contribution is 7.84. The summed E-state index contributed by atoms with van der Waals surface area (Å²) in [5.41, 5.74) is 0.636. The monoisotopic (exact) mass is 291 g/mol. The third-order valence-electron chi connectivity index (χ3n) is 2.63. The van der Waals surface area contributed by atoms with Gasteiger partial charge in [-0.05, 0) is 18.2 Å². The van der Waals surface area contributed by atoms with Crippen LogP contribution in [0.3, 0.4) is 0 Å². The van der Waals surface area contributed by atoms with Crippen molar-refractivity contribution >= 4 is 16.8 Å². The van der Waals surface area contributed by atoms with E-state index in [0.29, 0.717) is 16.5 Å². The number of aromatic nitrogens is 1. The van der Waals surface area contributed by atoms with E-state index in [1.165, 1.54) is 13.2 Å². The lowest BCUT2D eigenvalue weighted by atomic mass is 10.2. The topological polar surface area (TPSA) is 76.5 Å². The summed E-state index contributed by atoms with van der Waals surface area (Å²) >= 11 is 0. The zero-order valence-electron chi connectivity index (χ0n) is 10.8. The molecule has 104 valence electrons. The van der Waals surface area contributed by atoms with E-state index < -0.39 is 16.8 Å². The first kappa shape index (κ1) is 14.2. The molecule has 0 amide bonds. The van der Waals surface area contributed by atoms with Crippen LogP contribution in [0.4, 0.5) is 0 Å². The van der Waals surface area contributed by atoms with Gasteiger partial charge in [-0.2, -0.15) is 0 Å². The van der Waals surface area contributed by atoms with Crippen molar-refractivity contribution < 1.29 is 18.8 Å². The number of ether oxygens (including phenoxy) is 1. The van der Waals surface area contributed by atoms with Crippen molar-refractivity contribution in [2.24, 2.45) is 0 Å². The summed E-state index contributed by atoms with van der Waals surface area (Å²) in [6.45, 7) is 0. The molecule has 0 radical (unpaired) electrons. The Bertz CT molecular complexity index is 657. The predicted molar refractivity (Wildman–Crippen MR) is 74.3 cm³/mol. The second-order valence-electron chi connectivity index (χ2n) is 3.96. The minimum atomic E-state index is -1.48. The Morgan fingerprint density at radius 3 is 2.70 bits per heavy atom. The van der Waals surface area contributed by atoms with E-state index >= 15 is 0 Å². The van der Waals surface area contributed by atoms with Crippen LogP contribution in [-0.2, 0) is 16.6 Å². The summed E-state index contributed by atoms with van der Waals surface area (Å²) in [7, 11) is 0.0271. The molecule has 0 spiro atoms. The maximum atomic E-state index is 12.3. The van der Waals surface area contributed by atoms with E-state index in [0.717, 1.165) is 0 Å². The standard InChI is InChI=1S/C14H13NO4S/c1-19-13-8-4-5-10(15-13)9-20(18)12-7-3-2-6-11(12)14(16)17/h2-8H,9H2,1H3,(H,16,17). The number of pyridine rings is 1. The quantitative estimate of drug-likeness (QED) is 0.913. The fraction of sp³-hybridized carbons (Fsp3) is 0.143. The summed E-state index contributed by atoms with van der Waals surface area (Å²) < 4.78 is 17.3. The van der Waals surface area contributed by atoms with E-state index in [1.54, 1.807) is 36.4 Å². The van der Waals surface area contributed by atoms with E-state index in [2.05, 4.69) is 4.98 Å². The van der Waals surface area contributed by atoms with Crippen molar-refractivity contribution in [2.75, 3.05) is 7.11 Å². The highest BCUT2D eigenvalue weighted by Gasteiger charge is 2.15. The zero-order chi connectivity index (χ0) is 14.5. The molecule has 0 saturated carbocycles. The summed E-state index contributed by atoms with van der Waals surface area (Å²) in [6, 6.07) is 11.4. The molecule has 1 aromatic carbocycles. The molecule has 1 heterocycles. The number of aromatic carboxylic acids is 1. The average Bonchev–Trinajstić information content (AvgIpc) is 2.47. The smallest absolute Gasteiger partial charge is 0.336 e. The highest BCUT2D eigenvalue weighted by Crippen LogP contribution is 2.17. The molecule has 0 aliphatic heterocycles. The largest absolute Gasteiger partial charge is 0.481 e. The molecule has 20 heavy (non-hydrogen) atoms. The lowest BCUT2D eigenvalue weighted by molar-refractivity contribution is 0.0693. The van der Waals surface area contributed by atoms with Gasteiger partial charge in [-0.3, -0.25) is 4.21 Å². The normalized spacial score (nSPS) is 11.8. The number of hydrogen-bond donors (Lipinski definition) is 1. The molecule has 0 fully saturated rings. The van der Waals surface area contributed by atoms with Gasteiger partial charge in [-0.15, -0.1) is 0 Å². The van der Waals surface area contributed by atoms with Crippen LogP contribution in [0.1, 0.15) is 16.1 Å². The third kappa shape index (κ3) is 3.21. The molecular formula is C14H13NO4S. The Morgan fingerprint density at radius 1 is 1.25 bits per heavy atom. The highest BCUT2D eigenvalue weighted by atomic mass is 32.2. The Kier molecular flexibility index (Phi) is 4.47. The second-order valence-corrected chi connectivity index (χ2v) is 5.38. The number of carboxylic acid groups (broad SMARTS) is 1. The molecular weight excluding hydrogens is 278 g/mol. The van der Waals surface area contributed by atoms with Gasteiger partial charge in [0.25, 0.3) is 0 Å². The maximum absolute atomic E-state index is 12.3. The molecule has 0 aliphatic carbocycles. The van der Waals surface area contributed by atoms with E-state index in [4.69, 9.17) is 9.84 Å². The van der Waals surface area contributed by atoms with E-state index in [9.17, 15) is 9.00 Å². The first-order valence-corrected chi connectivity index (χ1v) is 7.14. The molecule has 1 N–H and O–H groups in total. The van der Waals surface area contributed by atoms with Gasteiger partial charge >= 0.3 is 5.97 Å². The first-order chi connectivity index (χ1) is 9.61. The Morgan fingerprint density at radius 2 is 2.00 bits per heavy atom. The van der Waals surface area contributed by atoms with Gasteiger partial charge in [-0.1, -0.05) is 18.2 Å². The van der Waals surface area contributed by atoms with Crippen molar-refractivity contribution in [1.82, 2.24) is 4.98 Å². The summed E-state index contributed by atoms with van der Waals surface area (Å²) in [4.78, 5) is 15.6. The number of methoxy groups -OCH3 is 1. The first-order valence-electron chi connectivity index (χ1n) is 5.82. The number of rotatable bonds is 5. The lowest BCUT2D eigenvalue weighted by Crippen LogP contribution is -2.06. The summed E-state index contributed by atoms with van der Waals surface area (Å²) in [5, 5.41) is 9.09. The fourth-order valence-corrected chi connectivity index (χ4v) is 2.92. The van der Waals surface area contributed by atoms with Gasteiger partial charge in [-0.25, -0.2) is 9.78 Å². The third-order valence-corrected chi connectivity index (χ3v) is 4.04. The zero-order valence-corrected chi connectivity index (χ0v) is 11.6. The van der Waals surface area contributed by atoms with Gasteiger partial charge < -0.3 is 9.84 Å². The van der Waals surface area contributed by atoms with E-state index in [1.807, 2.05) is 0 Å². The number of carbonyl (C=O) groups is 1. The molecule has 1 aromatic heterocycles. The van der Waals surface area contributed by atoms with Crippen molar-refractivity contribution in [3.63, 3.8) is 0 Å². The van der Waals surface area contributed by atoms with Gasteiger partial charge in [0.05, 0.1) is 39.8 Å². The van der Waals surface area contributed by atoms with Gasteiger partial charge in [0.1, 0.15) is 0 Å². The van der Waals surface area contributed by atoms with Crippen LogP contribution in [0, 0.1) is 0 Å². The molecule has 5 nitrogen and oxygen atoms in total. The lowest BCUT2D eigenvalue weighted by Gasteiger charge is -2.06. The van der Waals surface area contributed by atoms with Gasteiger partial charge in [0.15, 0.2) is 0 Å². The number of hydrogen-bond acceptors (Lipinski definition) is 4. The molecule has 1 atom stereocenters. The van der Waals surface area contributed by atoms with E-state index in [-0.39, 0.29) is 11.3 Å². The van der Waals surface area contributed by atoms with Crippen molar-refractivity contribution in [3.05, 3.63) is 53.7 Å². The van der Waals surface area contributed by atoms with Crippen LogP contribution in [0.2, 0.25) is 0 Å². The van der Waals surface area contributed by atoms with Crippen LogP contribution in [0.15, 0.2) is 47.4 Å². The van der Waals surface area contributed by atoms with Crippen molar-refractivity contribution in [1.29, 1.82) is 0 Å². The number of carboxylic acids is 1. The molecule has 2 aromatic rings. The van der Waals surface area contributed by atoms with Crippen LogP contribution < -0.4 is 4.74 Å². The maximum Gasteiger partial charge on any atom is 0.336 e. The van der Waals surface area contributed by atoms with Crippen molar-refractivity contribution in [2.45, 2.75) is 10.6 Å². The van der Waals surface area contributed by atoms with Gasteiger partial charge in [0, 0.05) is 6.07 Å². The molecule has 1 unspecified atom stereocenters. The Labute approximate surface area is 118 Å². The molecule has 0 aliphatic rings. The minimum absolute atomic E-state index is 0.0497.